The van der Waals surface area contributed by atoms with Crippen molar-refractivity contribution in [3.8, 4) is 5.69 Å². The highest BCUT2D eigenvalue weighted by Gasteiger charge is 2.32. The van der Waals surface area contributed by atoms with Crippen LogP contribution in [-0.2, 0) is 4.79 Å². The van der Waals surface area contributed by atoms with Crippen LogP contribution in [0.2, 0.25) is 5.02 Å². The molecule has 26 heavy (non-hydrogen) atoms. The number of benzene rings is 1. The fourth-order valence-corrected chi connectivity index (χ4v) is 3.45. The van der Waals surface area contributed by atoms with Gasteiger partial charge in [-0.3, -0.25) is 9.69 Å². The van der Waals surface area contributed by atoms with E-state index in [-0.39, 0.29) is 11.9 Å². The van der Waals surface area contributed by atoms with Crippen LogP contribution in [-0.4, -0.2) is 28.0 Å². The predicted molar refractivity (Wildman–Crippen MR) is 104 cm³/mol. The van der Waals surface area contributed by atoms with E-state index in [9.17, 15) is 9.59 Å². The number of hydrogen-bond donors (Lipinski definition) is 1. The lowest BCUT2D eigenvalue weighted by molar-refractivity contribution is -0.122. The van der Waals surface area contributed by atoms with Crippen LogP contribution in [0, 0.1) is 20.8 Å². The van der Waals surface area contributed by atoms with Gasteiger partial charge in [0, 0.05) is 28.6 Å². The molecule has 0 unspecified atom stereocenters. The van der Waals surface area contributed by atoms with E-state index in [1.165, 1.54) is 4.90 Å². The van der Waals surface area contributed by atoms with Crippen molar-refractivity contribution in [3.63, 3.8) is 0 Å². The zero-order valence-electron chi connectivity index (χ0n) is 15.4. The van der Waals surface area contributed by atoms with Crippen molar-refractivity contribution in [2.75, 3.05) is 6.54 Å². The second-order valence-electron chi connectivity index (χ2n) is 6.54. The standard InChI is InChI=1S/C20H22ClN3O2/c1-5-8-23-19(25)17(22-20(23)26)10-15-9-13(3)24(14(15)4)18-11-16(21)7-6-12(18)2/h6-7,9-11H,5,8H2,1-4H3,(H,22,26)/b17-10+. The third kappa shape index (κ3) is 3.15. The van der Waals surface area contributed by atoms with Gasteiger partial charge < -0.3 is 9.88 Å². The molecular formula is C20H22ClN3O2. The second-order valence-corrected chi connectivity index (χ2v) is 6.97. The molecule has 0 radical (unpaired) electrons. The first kappa shape index (κ1) is 18.3. The van der Waals surface area contributed by atoms with Gasteiger partial charge in [-0.05, 0) is 62.6 Å². The van der Waals surface area contributed by atoms with Crippen molar-refractivity contribution in [3.05, 3.63) is 57.5 Å². The Morgan fingerprint density at radius 2 is 1.88 bits per heavy atom. The summed E-state index contributed by atoms with van der Waals surface area (Å²) < 4.78 is 2.11. The number of hydrogen-bond acceptors (Lipinski definition) is 2. The molecule has 3 amide bonds. The third-order valence-electron chi connectivity index (χ3n) is 4.59. The summed E-state index contributed by atoms with van der Waals surface area (Å²) in [5.74, 6) is -0.277. The molecule has 0 aliphatic carbocycles. The number of amides is 3. The van der Waals surface area contributed by atoms with Crippen molar-refractivity contribution in [1.29, 1.82) is 0 Å². The molecule has 3 rings (SSSR count). The van der Waals surface area contributed by atoms with Crippen molar-refractivity contribution >= 4 is 29.6 Å². The van der Waals surface area contributed by atoms with E-state index in [0.717, 1.165) is 34.6 Å². The van der Waals surface area contributed by atoms with E-state index in [1.807, 2.05) is 52.0 Å². The Balaban J connectivity index is 2.03. The SMILES string of the molecule is CCCN1C(=O)N/C(=C/c2cc(C)n(-c3cc(Cl)ccc3C)c2C)C1=O. The van der Waals surface area contributed by atoms with E-state index in [2.05, 4.69) is 9.88 Å². The minimum Gasteiger partial charge on any atom is -0.318 e. The van der Waals surface area contributed by atoms with Gasteiger partial charge in [-0.25, -0.2) is 4.79 Å². The molecule has 1 saturated heterocycles. The molecule has 6 heteroatoms. The van der Waals surface area contributed by atoms with Crippen LogP contribution in [0.25, 0.3) is 11.8 Å². The van der Waals surface area contributed by atoms with Gasteiger partial charge in [0.1, 0.15) is 5.70 Å². The number of halogens is 1. The van der Waals surface area contributed by atoms with Gasteiger partial charge in [-0.15, -0.1) is 0 Å². The summed E-state index contributed by atoms with van der Waals surface area (Å²) in [5, 5.41) is 3.34. The molecule has 1 aromatic carbocycles. The molecule has 1 aromatic heterocycles. The smallest absolute Gasteiger partial charge is 0.318 e. The number of imide groups is 1. The Bertz CT molecular complexity index is 927. The van der Waals surface area contributed by atoms with Gasteiger partial charge >= 0.3 is 6.03 Å². The molecule has 2 aromatic rings. The maximum atomic E-state index is 12.4. The summed E-state index contributed by atoms with van der Waals surface area (Å²) in [6.07, 6.45) is 2.48. The molecule has 1 aliphatic heterocycles. The molecule has 0 spiro atoms. The molecular weight excluding hydrogens is 350 g/mol. The van der Waals surface area contributed by atoms with Gasteiger partial charge in [-0.2, -0.15) is 0 Å². The van der Waals surface area contributed by atoms with E-state index < -0.39 is 0 Å². The quantitative estimate of drug-likeness (QED) is 0.641. The molecule has 2 heterocycles. The van der Waals surface area contributed by atoms with Gasteiger partial charge in [0.25, 0.3) is 5.91 Å². The zero-order valence-corrected chi connectivity index (χ0v) is 16.1. The number of aromatic nitrogens is 1. The van der Waals surface area contributed by atoms with Crippen LogP contribution in [0.3, 0.4) is 0 Å². The van der Waals surface area contributed by atoms with Crippen LogP contribution in [0.5, 0.6) is 0 Å². The van der Waals surface area contributed by atoms with Crippen molar-refractivity contribution in [2.24, 2.45) is 0 Å². The van der Waals surface area contributed by atoms with Crippen LogP contribution in [0.4, 0.5) is 4.79 Å². The Morgan fingerprint density at radius 1 is 1.15 bits per heavy atom. The largest absolute Gasteiger partial charge is 0.329 e. The normalized spacial score (nSPS) is 15.9. The maximum Gasteiger partial charge on any atom is 0.329 e. The Hall–Kier alpha value is -2.53. The summed E-state index contributed by atoms with van der Waals surface area (Å²) in [7, 11) is 0. The van der Waals surface area contributed by atoms with Crippen molar-refractivity contribution in [2.45, 2.75) is 34.1 Å². The Kier molecular flexibility index (Phi) is 4.92. The third-order valence-corrected chi connectivity index (χ3v) is 4.83. The van der Waals surface area contributed by atoms with E-state index in [0.29, 0.717) is 17.3 Å². The molecule has 0 atom stereocenters. The number of carbonyl (C=O) groups is 2. The lowest BCUT2D eigenvalue weighted by Gasteiger charge is -2.13. The van der Waals surface area contributed by atoms with Crippen LogP contribution >= 0.6 is 11.6 Å². The molecule has 0 bridgehead atoms. The average Bonchev–Trinajstić information content (AvgIpc) is 3.01. The summed E-state index contributed by atoms with van der Waals surface area (Å²) in [5.41, 5.74) is 5.33. The minimum absolute atomic E-state index is 0.277. The average molecular weight is 372 g/mol. The van der Waals surface area contributed by atoms with Crippen LogP contribution in [0.1, 0.15) is 35.9 Å². The molecule has 1 N–H and O–H groups in total. The van der Waals surface area contributed by atoms with Gasteiger partial charge in [0.15, 0.2) is 0 Å². The molecule has 0 saturated carbocycles. The second kappa shape index (κ2) is 7.00. The van der Waals surface area contributed by atoms with Gasteiger partial charge in [0.05, 0.1) is 0 Å². The molecule has 5 nitrogen and oxygen atoms in total. The highest BCUT2D eigenvalue weighted by atomic mass is 35.5. The lowest BCUT2D eigenvalue weighted by Crippen LogP contribution is -2.31. The minimum atomic E-state index is -0.359. The number of urea groups is 1. The zero-order chi connectivity index (χ0) is 19.0. The molecule has 1 aliphatic rings. The van der Waals surface area contributed by atoms with Crippen LogP contribution in [0.15, 0.2) is 30.0 Å². The number of nitrogens with one attached hydrogen (secondary N) is 1. The van der Waals surface area contributed by atoms with Gasteiger partial charge in [-0.1, -0.05) is 24.6 Å². The first-order valence-corrected chi connectivity index (χ1v) is 9.01. The summed E-state index contributed by atoms with van der Waals surface area (Å²) in [4.78, 5) is 25.6. The summed E-state index contributed by atoms with van der Waals surface area (Å²) >= 11 is 6.17. The van der Waals surface area contributed by atoms with Crippen LogP contribution < -0.4 is 5.32 Å². The first-order valence-electron chi connectivity index (χ1n) is 8.63. The fraction of sp³-hybridized carbons (Fsp3) is 0.300. The van der Waals surface area contributed by atoms with E-state index in [4.69, 9.17) is 11.6 Å². The highest BCUT2D eigenvalue weighted by molar-refractivity contribution is 6.30. The summed E-state index contributed by atoms with van der Waals surface area (Å²) in [6.45, 7) is 8.39. The maximum absolute atomic E-state index is 12.4. The van der Waals surface area contributed by atoms with Crippen molar-refractivity contribution < 1.29 is 9.59 Å². The van der Waals surface area contributed by atoms with Gasteiger partial charge in [0.2, 0.25) is 0 Å². The monoisotopic (exact) mass is 371 g/mol. The molecule has 136 valence electrons. The topological polar surface area (TPSA) is 54.3 Å². The summed E-state index contributed by atoms with van der Waals surface area (Å²) in [6, 6.07) is 7.43. The first-order chi connectivity index (χ1) is 12.3. The van der Waals surface area contributed by atoms with E-state index >= 15 is 0 Å². The number of nitrogens with zero attached hydrogens (tertiary/aromatic N) is 2. The number of carbonyl (C=O) groups excluding carboxylic acids is 2. The number of aryl methyl sites for hydroxylation is 2. The Labute approximate surface area is 158 Å². The van der Waals surface area contributed by atoms with E-state index in [1.54, 1.807) is 6.08 Å². The highest BCUT2D eigenvalue weighted by Crippen LogP contribution is 2.27. The van der Waals surface area contributed by atoms with Crippen molar-refractivity contribution in [1.82, 2.24) is 14.8 Å². The fourth-order valence-electron chi connectivity index (χ4n) is 3.28. The number of rotatable bonds is 4. The molecule has 1 fully saturated rings. The lowest BCUT2D eigenvalue weighted by atomic mass is 10.2. The predicted octanol–water partition coefficient (Wildman–Crippen LogP) is 4.36. The Morgan fingerprint density at radius 3 is 2.58 bits per heavy atom.